The molecule has 0 bridgehead atoms. The molecule has 0 saturated heterocycles. The van der Waals surface area contributed by atoms with Gasteiger partial charge >= 0.3 is 0 Å². The van der Waals surface area contributed by atoms with E-state index in [0.717, 1.165) is 17.7 Å². The molecule has 0 saturated carbocycles. The SMILES string of the molecule is CCCCOc1ccccc1NC(=S)NC(=O)CCN1C(=O)c2ccccc2C1=O. The lowest BCUT2D eigenvalue weighted by atomic mass is 10.1. The van der Waals surface area contributed by atoms with Crippen molar-refractivity contribution >= 4 is 40.7 Å². The first-order valence-corrected chi connectivity index (χ1v) is 10.2. The molecule has 0 aromatic heterocycles. The van der Waals surface area contributed by atoms with E-state index in [4.69, 9.17) is 17.0 Å². The Morgan fingerprint density at radius 3 is 2.33 bits per heavy atom. The molecule has 3 amide bonds. The van der Waals surface area contributed by atoms with Gasteiger partial charge in [0.25, 0.3) is 11.8 Å². The predicted octanol–water partition coefficient (Wildman–Crippen LogP) is 3.36. The van der Waals surface area contributed by atoms with Crippen LogP contribution in [0.25, 0.3) is 0 Å². The van der Waals surface area contributed by atoms with E-state index in [2.05, 4.69) is 17.6 Å². The third-order valence-corrected chi connectivity index (χ3v) is 4.79. The Bertz CT molecular complexity index is 941. The van der Waals surface area contributed by atoms with Crippen LogP contribution in [-0.4, -0.2) is 40.9 Å². The fourth-order valence-electron chi connectivity index (χ4n) is 3.02. The molecule has 2 aromatic carbocycles. The third kappa shape index (κ3) is 5.01. The molecule has 1 heterocycles. The highest BCUT2D eigenvalue weighted by atomic mass is 32.1. The molecule has 7 nitrogen and oxygen atoms in total. The summed E-state index contributed by atoms with van der Waals surface area (Å²) in [6, 6.07) is 13.9. The molecule has 0 aliphatic carbocycles. The minimum absolute atomic E-state index is 0.0164. The maximum absolute atomic E-state index is 12.3. The summed E-state index contributed by atoms with van der Waals surface area (Å²) in [5.41, 5.74) is 1.37. The smallest absolute Gasteiger partial charge is 0.261 e. The zero-order valence-corrected chi connectivity index (χ0v) is 17.5. The zero-order chi connectivity index (χ0) is 21.5. The number of imide groups is 1. The molecule has 1 aliphatic rings. The van der Waals surface area contributed by atoms with Crippen LogP contribution in [0.2, 0.25) is 0 Å². The van der Waals surface area contributed by atoms with Gasteiger partial charge in [-0.15, -0.1) is 0 Å². The molecule has 0 radical (unpaired) electrons. The second kappa shape index (κ2) is 9.98. The van der Waals surface area contributed by atoms with E-state index in [-0.39, 0.29) is 29.9 Å². The van der Waals surface area contributed by atoms with Crippen LogP contribution in [0.1, 0.15) is 46.9 Å². The molecule has 0 atom stereocenters. The number of para-hydroxylation sites is 2. The topological polar surface area (TPSA) is 87.7 Å². The maximum atomic E-state index is 12.3. The Kier molecular flexibility index (Phi) is 7.13. The number of amides is 3. The lowest BCUT2D eigenvalue weighted by Gasteiger charge is -2.15. The van der Waals surface area contributed by atoms with E-state index in [1.54, 1.807) is 30.3 Å². The van der Waals surface area contributed by atoms with Crippen LogP contribution in [-0.2, 0) is 4.79 Å². The second-order valence-corrected chi connectivity index (χ2v) is 7.17. The van der Waals surface area contributed by atoms with Crippen molar-refractivity contribution in [2.24, 2.45) is 0 Å². The van der Waals surface area contributed by atoms with E-state index in [1.807, 2.05) is 18.2 Å². The Hall–Kier alpha value is -3.26. The molecule has 0 spiro atoms. The van der Waals surface area contributed by atoms with Gasteiger partial charge in [0.15, 0.2) is 5.11 Å². The van der Waals surface area contributed by atoms with E-state index >= 15 is 0 Å². The quantitative estimate of drug-likeness (QED) is 0.383. The standard InChI is InChI=1S/C22H23N3O4S/c1-2-3-14-29-18-11-7-6-10-17(18)23-22(30)24-19(26)12-13-25-20(27)15-8-4-5-9-16(15)21(25)28/h4-11H,2-3,12-14H2,1H3,(H2,23,24,26,30). The van der Waals surface area contributed by atoms with Crippen molar-refractivity contribution in [3.8, 4) is 5.75 Å². The number of benzene rings is 2. The lowest BCUT2D eigenvalue weighted by molar-refractivity contribution is -0.119. The average Bonchev–Trinajstić information content (AvgIpc) is 2.98. The van der Waals surface area contributed by atoms with E-state index in [9.17, 15) is 14.4 Å². The summed E-state index contributed by atoms with van der Waals surface area (Å²) in [6.07, 6.45) is 1.91. The van der Waals surface area contributed by atoms with Crippen LogP contribution in [0.15, 0.2) is 48.5 Å². The maximum Gasteiger partial charge on any atom is 0.261 e. The van der Waals surface area contributed by atoms with Crippen molar-refractivity contribution in [2.75, 3.05) is 18.5 Å². The van der Waals surface area contributed by atoms with Crippen molar-refractivity contribution < 1.29 is 19.1 Å². The van der Waals surface area contributed by atoms with Gasteiger partial charge in [-0.1, -0.05) is 37.6 Å². The number of nitrogens with zero attached hydrogens (tertiary/aromatic N) is 1. The monoisotopic (exact) mass is 425 g/mol. The highest BCUT2D eigenvalue weighted by molar-refractivity contribution is 7.80. The summed E-state index contributed by atoms with van der Waals surface area (Å²) in [5, 5.41) is 5.65. The highest BCUT2D eigenvalue weighted by Crippen LogP contribution is 2.24. The van der Waals surface area contributed by atoms with Crippen molar-refractivity contribution in [3.05, 3.63) is 59.7 Å². The van der Waals surface area contributed by atoms with Gasteiger partial charge in [-0.25, -0.2) is 0 Å². The van der Waals surface area contributed by atoms with E-state index < -0.39 is 5.91 Å². The highest BCUT2D eigenvalue weighted by Gasteiger charge is 2.34. The number of carbonyl (C=O) groups excluding carboxylic acids is 3. The largest absolute Gasteiger partial charge is 0.491 e. The Labute approximate surface area is 180 Å². The molecule has 1 aliphatic heterocycles. The Balaban J connectivity index is 1.51. The summed E-state index contributed by atoms with van der Waals surface area (Å²) in [4.78, 5) is 38.0. The molecule has 0 fully saturated rings. The number of nitrogens with one attached hydrogen (secondary N) is 2. The number of rotatable bonds is 8. The first-order valence-electron chi connectivity index (χ1n) is 9.79. The van der Waals surface area contributed by atoms with Gasteiger partial charge < -0.3 is 15.4 Å². The zero-order valence-electron chi connectivity index (χ0n) is 16.6. The number of carbonyl (C=O) groups is 3. The van der Waals surface area contributed by atoms with Crippen LogP contribution in [0, 0.1) is 0 Å². The first-order chi connectivity index (χ1) is 14.5. The molecular weight excluding hydrogens is 402 g/mol. The summed E-state index contributed by atoms with van der Waals surface area (Å²) >= 11 is 5.21. The summed E-state index contributed by atoms with van der Waals surface area (Å²) in [6.45, 7) is 2.66. The summed E-state index contributed by atoms with van der Waals surface area (Å²) in [5.74, 6) is -0.522. The van der Waals surface area contributed by atoms with E-state index in [0.29, 0.717) is 29.2 Å². The fraction of sp³-hybridized carbons (Fsp3) is 0.273. The predicted molar refractivity (Wildman–Crippen MR) is 118 cm³/mol. The van der Waals surface area contributed by atoms with Gasteiger partial charge in [0, 0.05) is 13.0 Å². The van der Waals surface area contributed by atoms with Crippen molar-refractivity contribution in [1.82, 2.24) is 10.2 Å². The average molecular weight is 426 g/mol. The van der Waals surface area contributed by atoms with Gasteiger partial charge in [-0.05, 0) is 42.9 Å². The van der Waals surface area contributed by atoms with Gasteiger partial charge in [0.1, 0.15) is 5.75 Å². The molecular formula is C22H23N3O4S. The number of hydrogen-bond donors (Lipinski definition) is 2. The number of unbranched alkanes of at least 4 members (excludes halogenated alkanes) is 1. The van der Waals surface area contributed by atoms with Gasteiger partial charge in [0.2, 0.25) is 5.91 Å². The molecule has 0 unspecified atom stereocenters. The second-order valence-electron chi connectivity index (χ2n) is 6.76. The lowest BCUT2D eigenvalue weighted by Crippen LogP contribution is -2.38. The Morgan fingerprint density at radius 1 is 1.03 bits per heavy atom. The van der Waals surface area contributed by atoms with Gasteiger partial charge in [-0.3, -0.25) is 19.3 Å². The molecule has 156 valence electrons. The number of thiocarbonyl (C=S) groups is 1. The number of anilines is 1. The first kappa shape index (κ1) is 21.4. The summed E-state index contributed by atoms with van der Waals surface area (Å²) in [7, 11) is 0. The molecule has 2 N–H and O–H groups in total. The normalized spacial score (nSPS) is 12.5. The van der Waals surface area contributed by atoms with Crippen molar-refractivity contribution in [2.45, 2.75) is 26.2 Å². The van der Waals surface area contributed by atoms with Crippen molar-refractivity contribution in [3.63, 3.8) is 0 Å². The molecule has 3 rings (SSSR count). The van der Waals surface area contributed by atoms with Gasteiger partial charge in [-0.2, -0.15) is 0 Å². The van der Waals surface area contributed by atoms with Gasteiger partial charge in [0.05, 0.1) is 23.4 Å². The Morgan fingerprint density at radius 2 is 1.67 bits per heavy atom. The number of hydrogen-bond acceptors (Lipinski definition) is 5. The number of fused-ring (bicyclic) bond motifs is 1. The third-order valence-electron chi connectivity index (χ3n) is 4.58. The molecule has 2 aromatic rings. The number of ether oxygens (including phenoxy) is 1. The van der Waals surface area contributed by atoms with Crippen LogP contribution in [0.5, 0.6) is 5.75 Å². The minimum Gasteiger partial charge on any atom is -0.491 e. The van der Waals surface area contributed by atoms with Crippen LogP contribution in [0.4, 0.5) is 5.69 Å². The van der Waals surface area contributed by atoms with Crippen molar-refractivity contribution in [1.29, 1.82) is 0 Å². The van der Waals surface area contributed by atoms with Crippen LogP contribution >= 0.6 is 12.2 Å². The molecule has 8 heteroatoms. The summed E-state index contributed by atoms with van der Waals surface area (Å²) < 4.78 is 5.74. The minimum atomic E-state index is -0.395. The van der Waals surface area contributed by atoms with Crippen LogP contribution in [0.3, 0.4) is 0 Å². The molecule has 30 heavy (non-hydrogen) atoms. The van der Waals surface area contributed by atoms with Crippen LogP contribution < -0.4 is 15.4 Å². The fourth-order valence-corrected chi connectivity index (χ4v) is 3.24. The van der Waals surface area contributed by atoms with E-state index in [1.165, 1.54) is 0 Å².